The Morgan fingerprint density at radius 2 is 2.18 bits per heavy atom. The Hall–Kier alpha value is -2.74. The standard InChI is InChI=1S/C20H23N5O2S/c1-3-14-7-4-5-9-16(14)22-18(27)15-8-6-10-24(12-15)20-23-25-17(26)11-13(2)21-19(25)28-20/h4-5,7,9,11,15H,3,6,8,10,12H2,1-2H3,(H,22,27)/t15-/m1/s1. The van der Waals surface area contributed by atoms with Gasteiger partial charge in [0.15, 0.2) is 0 Å². The Morgan fingerprint density at radius 1 is 1.36 bits per heavy atom. The van der Waals surface area contributed by atoms with Crippen LogP contribution >= 0.6 is 11.3 Å². The molecule has 8 heteroatoms. The summed E-state index contributed by atoms with van der Waals surface area (Å²) in [5.74, 6) is -0.0741. The van der Waals surface area contributed by atoms with E-state index in [1.807, 2.05) is 24.3 Å². The number of hydrogen-bond acceptors (Lipinski definition) is 6. The third-order valence-electron chi connectivity index (χ3n) is 5.08. The fraction of sp³-hybridized carbons (Fsp3) is 0.400. The zero-order valence-corrected chi connectivity index (χ0v) is 16.8. The fourth-order valence-corrected chi connectivity index (χ4v) is 4.58. The molecule has 28 heavy (non-hydrogen) atoms. The Balaban J connectivity index is 1.52. The number of para-hydroxylation sites is 1. The first-order valence-electron chi connectivity index (χ1n) is 9.56. The van der Waals surface area contributed by atoms with E-state index in [9.17, 15) is 9.59 Å². The van der Waals surface area contributed by atoms with Crippen molar-refractivity contribution >= 4 is 33.0 Å². The van der Waals surface area contributed by atoms with Gasteiger partial charge >= 0.3 is 0 Å². The highest BCUT2D eigenvalue weighted by molar-refractivity contribution is 7.20. The molecule has 1 N–H and O–H groups in total. The summed E-state index contributed by atoms with van der Waals surface area (Å²) in [6, 6.07) is 9.40. The molecule has 2 aromatic heterocycles. The summed E-state index contributed by atoms with van der Waals surface area (Å²) >= 11 is 1.39. The Kier molecular flexibility index (Phi) is 5.13. The average Bonchev–Trinajstić information content (AvgIpc) is 3.13. The van der Waals surface area contributed by atoms with E-state index in [0.717, 1.165) is 42.2 Å². The molecule has 146 valence electrons. The van der Waals surface area contributed by atoms with Gasteiger partial charge in [-0.2, -0.15) is 4.52 Å². The molecule has 3 aromatic rings. The third kappa shape index (κ3) is 3.64. The lowest BCUT2D eigenvalue weighted by Crippen LogP contribution is -2.41. The number of rotatable bonds is 4. The number of nitrogens with one attached hydrogen (secondary N) is 1. The Bertz CT molecular complexity index is 1070. The van der Waals surface area contributed by atoms with E-state index in [1.165, 1.54) is 21.9 Å². The molecule has 0 saturated carbocycles. The van der Waals surface area contributed by atoms with Crippen LogP contribution < -0.4 is 15.8 Å². The van der Waals surface area contributed by atoms with E-state index in [-0.39, 0.29) is 17.4 Å². The largest absolute Gasteiger partial charge is 0.346 e. The van der Waals surface area contributed by atoms with Crippen LogP contribution in [0.2, 0.25) is 0 Å². The number of aryl methyl sites for hydroxylation is 2. The molecule has 1 saturated heterocycles. The topological polar surface area (TPSA) is 79.6 Å². The first-order valence-corrected chi connectivity index (χ1v) is 10.4. The number of amides is 1. The molecule has 1 fully saturated rings. The minimum atomic E-state index is -0.174. The third-order valence-corrected chi connectivity index (χ3v) is 6.05. The lowest BCUT2D eigenvalue weighted by atomic mass is 9.97. The summed E-state index contributed by atoms with van der Waals surface area (Å²) < 4.78 is 1.34. The summed E-state index contributed by atoms with van der Waals surface area (Å²) in [5, 5.41) is 8.27. The van der Waals surface area contributed by atoms with Gasteiger partial charge in [-0.15, -0.1) is 5.10 Å². The van der Waals surface area contributed by atoms with Gasteiger partial charge in [-0.3, -0.25) is 9.59 Å². The molecule has 0 radical (unpaired) electrons. The van der Waals surface area contributed by atoms with Crippen LogP contribution in [-0.2, 0) is 11.2 Å². The molecule has 1 atom stereocenters. The number of nitrogens with zero attached hydrogens (tertiary/aromatic N) is 4. The maximum atomic E-state index is 12.9. The summed E-state index contributed by atoms with van der Waals surface area (Å²) in [4.78, 5) is 32.0. The van der Waals surface area contributed by atoms with Crippen molar-refractivity contribution in [3.63, 3.8) is 0 Å². The van der Waals surface area contributed by atoms with Crippen LogP contribution in [0.25, 0.3) is 4.96 Å². The van der Waals surface area contributed by atoms with Gasteiger partial charge in [0.25, 0.3) is 5.56 Å². The average molecular weight is 398 g/mol. The van der Waals surface area contributed by atoms with Gasteiger partial charge in [0.2, 0.25) is 16.0 Å². The van der Waals surface area contributed by atoms with Gasteiger partial charge in [-0.1, -0.05) is 36.5 Å². The molecule has 0 unspecified atom stereocenters. The maximum absolute atomic E-state index is 12.9. The van der Waals surface area contributed by atoms with Crippen molar-refractivity contribution in [2.45, 2.75) is 33.1 Å². The lowest BCUT2D eigenvalue weighted by Gasteiger charge is -2.31. The molecule has 0 aliphatic carbocycles. The molecule has 4 rings (SSSR count). The smallest absolute Gasteiger partial charge is 0.275 e. The predicted molar refractivity (Wildman–Crippen MR) is 111 cm³/mol. The zero-order valence-electron chi connectivity index (χ0n) is 16.0. The van der Waals surface area contributed by atoms with Gasteiger partial charge < -0.3 is 10.2 Å². The van der Waals surface area contributed by atoms with Crippen LogP contribution in [0.3, 0.4) is 0 Å². The zero-order chi connectivity index (χ0) is 19.7. The molecular formula is C20H23N5O2S. The summed E-state index contributed by atoms with van der Waals surface area (Å²) in [7, 11) is 0. The first kappa shape index (κ1) is 18.6. The van der Waals surface area contributed by atoms with Crippen LogP contribution in [0.1, 0.15) is 31.0 Å². The van der Waals surface area contributed by atoms with E-state index in [4.69, 9.17) is 0 Å². The van der Waals surface area contributed by atoms with Crippen LogP contribution in [-0.4, -0.2) is 33.6 Å². The highest BCUT2D eigenvalue weighted by Crippen LogP contribution is 2.28. The summed E-state index contributed by atoms with van der Waals surface area (Å²) in [6.45, 7) is 5.30. The van der Waals surface area contributed by atoms with Gasteiger partial charge in [0.05, 0.1) is 5.92 Å². The number of fused-ring (bicyclic) bond motifs is 1. The molecular weight excluding hydrogens is 374 g/mol. The van der Waals surface area contributed by atoms with Crippen LogP contribution in [0.4, 0.5) is 10.8 Å². The number of hydrogen-bond donors (Lipinski definition) is 1. The number of piperidine rings is 1. The molecule has 0 spiro atoms. The molecule has 3 heterocycles. The van der Waals surface area contributed by atoms with Crippen molar-refractivity contribution in [2.75, 3.05) is 23.3 Å². The number of aromatic nitrogens is 3. The van der Waals surface area contributed by atoms with E-state index >= 15 is 0 Å². The molecule has 1 aliphatic heterocycles. The van der Waals surface area contributed by atoms with E-state index in [2.05, 4.69) is 27.2 Å². The molecule has 1 aromatic carbocycles. The number of carbonyl (C=O) groups is 1. The quantitative estimate of drug-likeness (QED) is 0.732. The van der Waals surface area contributed by atoms with Gasteiger partial charge in [-0.05, 0) is 37.8 Å². The van der Waals surface area contributed by atoms with E-state index in [1.54, 1.807) is 6.92 Å². The summed E-state index contributed by atoms with van der Waals surface area (Å²) in [6.07, 6.45) is 2.63. The van der Waals surface area contributed by atoms with E-state index < -0.39 is 0 Å². The monoisotopic (exact) mass is 397 g/mol. The normalized spacial score (nSPS) is 17.1. The van der Waals surface area contributed by atoms with Crippen LogP contribution in [0, 0.1) is 12.8 Å². The highest BCUT2D eigenvalue weighted by atomic mass is 32.1. The first-order chi connectivity index (χ1) is 13.5. The molecule has 1 aliphatic rings. The number of benzene rings is 1. The second-order valence-electron chi connectivity index (χ2n) is 7.10. The maximum Gasteiger partial charge on any atom is 0.275 e. The summed E-state index contributed by atoms with van der Waals surface area (Å²) in [5.41, 5.74) is 2.53. The van der Waals surface area contributed by atoms with Crippen molar-refractivity contribution in [1.82, 2.24) is 14.6 Å². The van der Waals surface area contributed by atoms with Crippen molar-refractivity contribution in [1.29, 1.82) is 0 Å². The molecule has 0 bridgehead atoms. The Morgan fingerprint density at radius 3 is 3.00 bits per heavy atom. The van der Waals surface area contributed by atoms with Gasteiger partial charge in [-0.25, -0.2) is 4.98 Å². The Labute approximate surface area is 167 Å². The predicted octanol–water partition coefficient (Wildman–Crippen LogP) is 2.88. The van der Waals surface area contributed by atoms with Crippen molar-refractivity contribution in [2.24, 2.45) is 5.92 Å². The van der Waals surface area contributed by atoms with Crippen molar-refractivity contribution in [3.05, 3.63) is 51.9 Å². The van der Waals surface area contributed by atoms with Crippen molar-refractivity contribution in [3.8, 4) is 0 Å². The number of anilines is 2. The second-order valence-corrected chi connectivity index (χ2v) is 8.03. The minimum absolute atomic E-state index is 0.0397. The van der Waals surface area contributed by atoms with Crippen LogP contribution in [0.5, 0.6) is 0 Å². The van der Waals surface area contributed by atoms with E-state index in [0.29, 0.717) is 17.2 Å². The SMILES string of the molecule is CCc1ccccc1NC(=O)[C@@H]1CCCN(c2nn3c(=O)cc(C)nc3s2)C1. The fourth-order valence-electron chi connectivity index (χ4n) is 3.59. The van der Waals surface area contributed by atoms with Crippen LogP contribution in [0.15, 0.2) is 35.1 Å². The minimum Gasteiger partial charge on any atom is -0.346 e. The molecule has 7 nitrogen and oxygen atoms in total. The molecule has 1 amide bonds. The van der Waals surface area contributed by atoms with Gasteiger partial charge in [0.1, 0.15) is 0 Å². The van der Waals surface area contributed by atoms with Gasteiger partial charge in [0, 0.05) is 30.5 Å². The highest BCUT2D eigenvalue weighted by Gasteiger charge is 2.28. The lowest BCUT2D eigenvalue weighted by molar-refractivity contribution is -0.120. The van der Waals surface area contributed by atoms with Crippen molar-refractivity contribution < 1.29 is 4.79 Å². The number of carbonyl (C=O) groups excluding carboxylic acids is 1. The second kappa shape index (κ2) is 7.71.